The summed E-state index contributed by atoms with van der Waals surface area (Å²) in [5.74, 6) is 2.59. The molecule has 3 heterocycles. The first-order valence-corrected chi connectivity index (χ1v) is 10.9. The average molecular weight is 366 g/mol. The molecule has 0 radical (unpaired) electrons. The second kappa shape index (κ2) is 6.72. The van der Waals surface area contributed by atoms with E-state index < -0.39 is 10.0 Å². The van der Waals surface area contributed by atoms with Crippen LogP contribution < -0.4 is 9.80 Å². The highest BCUT2D eigenvalue weighted by molar-refractivity contribution is 7.90. The molecule has 7 nitrogen and oxygen atoms in total. The van der Waals surface area contributed by atoms with E-state index in [0.717, 1.165) is 43.5 Å². The van der Waals surface area contributed by atoms with Crippen LogP contribution in [-0.4, -0.2) is 67.4 Å². The maximum absolute atomic E-state index is 12.3. The van der Waals surface area contributed by atoms with Gasteiger partial charge in [-0.2, -0.15) is 4.31 Å². The van der Waals surface area contributed by atoms with Crippen molar-refractivity contribution < 1.29 is 8.42 Å². The van der Waals surface area contributed by atoms with Gasteiger partial charge >= 0.3 is 0 Å². The van der Waals surface area contributed by atoms with E-state index in [1.54, 1.807) is 4.31 Å². The van der Waals surface area contributed by atoms with Crippen LogP contribution in [0.4, 0.5) is 11.6 Å². The van der Waals surface area contributed by atoms with Gasteiger partial charge < -0.3 is 9.80 Å². The number of hydrogen-bond donors (Lipinski definition) is 0. The zero-order chi connectivity index (χ0) is 17.4. The fourth-order valence-corrected chi connectivity index (χ4v) is 5.47. The maximum Gasteiger partial charge on any atom is 0.217 e. The zero-order valence-corrected chi connectivity index (χ0v) is 15.7. The SMILES string of the molecule is CC1CCN(c2ccc(N3CCN(S(=O)(=O)C4CC4)CC3)nn2)CC1. The third kappa shape index (κ3) is 3.60. The Bertz CT molecular complexity index is 688. The molecule has 0 bridgehead atoms. The third-order valence-electron chi connectivity index (χ3n) is 5.61. The van der Waals surface area contributed by atoms with Gasteiger partial charge in [0.25, 0.3) is 0 Å². The lowest BCUT2D eigenvalue weighted by Gasteiger charge is -2.35. The van der Waals surface area contributed by atoms with Gasteiger partial charge in [0.05, 0.1) is 5.25 Å². The molecule has 1 aromatic rings. The van der Waals surface area contributed by atoms with Crippen LogP contribution in [0.2, 0.25) is 0 Å². The Labute approximate surface area is 150 Å². The van der Waals surface area contributed by atoms with Gasteiger partial charge in [-0.15, -0.1) is 10.2 Å². The molecule has 0 amide bonds. The number of sulfonamides is 1. The number of hydrogen-bond acceptors (Lipinski definition) is 6. The molecule has 0 spiro atoms. The number of piperidine rings is 1. The van der Waals surface area contributed by atoms with E-state index in [0.29, 0.717) is 26.2 Å². The van der Waals surface area contributed by atoms with E-state index in [-0.39, 0.29) is 5.25 Å². The number of piperazine rings is 1. The summed E-state index contributed by atoms with van der Waals surface area (Å²) < 4.78 is 26.3. The molecule has 4 rings (SSSR count). The lowest BCUT2D eigenvalue weighted by Crippen LogP contribution is -2.49. The predicted octanol–water partition coefficient (Wildman–Crippen LogP) is 1.33. The summed E-state index contributed by atoms with van der Waals surface area (Å²) in [6, 6.07) is 4.07. The van der Waals surface area contributed by atoms with Crippen molar-refractivity contribution in [3.05, 3.63) is 12.1 Å². The van der Waals surface area contributed by atoms with Crippen LogP contribution in [0.1, 0.15) is 32.6 Å². The molecule has 0 atom stereocenters. The van der Waals surface area contributed by atoms with Crippen molar-refractivity contribution >= 4 is 21.7 Å². The van der Waals surface area contributed by atoms with E-state index in [2.05, 4.69) is 26.9 Å². The van der Waals surface area contributed by atoms with Gasteiger partial charge in [-0.25, -0.2) is 8.42 Å². The van der Waals surface area contributed by atoms with E-state index in [1.807, 2.05) is 12.1 Å². The Balaban J connectivity index is 1.35. The quantitative estimate of drug-likeness (QED) is 0.802. The summed E-state index contributed by atoms with van der Waals surface area (Å²) >= 11 is 0. The molecule has 0 unspecified atom stereocenters. The van der Waals surface area contributed by atoms with Crippen molar-refractivity contribution in [2.75, 3.05) is 49.1 Å². The predicted molar refractivity (Wildman–Crippen MR) is 98.4 cm³/mol. The maximum atomic E-state index is 12.3. The smallest absolute Gasteiger partial charge is 0.217 e. The van der Waals surface area contributed by atoms with Gasteiger partial charge in [0, 0.05) is 39.3 Å². The van der Waals surface area contributed by atoms with Crippen LogP contribution in [0.3, 0.4) is 0 Å². The molecular weight excluding hydrogens is 338 g/mol. The molecule has 138 valence electrons. The highest BCUT2D eigenvalue weighted by Crippen LogP contribution is 2.31. The monoisotopic (exact) mass is 365 g/mol. The first kappa shape index (κ1) is 17.0. The second-order valence-corrected chi connectivity index (χ2v) is 9.76. The van der Waals surface area contributed by atoms with E-state index in [9.17, 15) is 8.42 Å². The van der Waals surface area contributed by atoms with Gasteiger partial charge in [-0.05, 0) is 43.7 Å². The number of aromatic nitrogens is 2. The minimum atomic E-state index is -3.06. The fourth-order valence-electron chi connectivity index (χ4n) is 3.64. The van der Waals surface area contributed by atoms with Crippen molar-refractivity contribution in [3.63, 3.8) is 0 Å². The largest absolute Gasteiger partial charge is 0.355 e. The third-order valence-corrected chi connectivity index (χ3v) is 8.01. The van der Waals surface area contributed by atoms with Gasteiger partial charge in [-0.3, -0.25) is 0 Å². The summed E-state index contributed by atoms with van der Waals surface area (Å²) in [7, 11) is -3.06. The molecule has 25 heavy (non-hydrogen) atoms. The Morgan fingerprint density at radius 3 is 1.84 bits per heavy atom. The molecule has 1 aromatic heterocycles. The second-order valence-electron chi connectivity index (χ2n) is 7.55. The molecule has 0 N–H and O–H groups in total. The highest BCUT2D eigenvalue weighted by atomic mass is 32.2. The molecule has 8 heteroatoms. The molecule has 3 aliphatic rings. The normalized spacial score (nSPS) is 23.9. The Morgan fingerprint density at radius 1 is 0.840 bits per heavy atom. The lowest BCUT2D eigenvalue weighted by molar-refractivity contribution is 0.382. The molecular formula is C17H27N5O2S. The molecule has 1 saturated carbocycles. The minimum Gasteiger partial charge on any atom is -0.355 e. The van der Waals surface area contributed by atoms with E-state index >= 15 is 0 Å². The Hall–Kier alpha value is -1.41. The van der Waals surface area contributed by atoms with Crippen molar-refractivity contribution in [2.24, 2.45) is 5.92 Å². The van der Waals surface area contributed by atoms with Crippen molar-refractivity contribution in [1.29, 1.82) is 0 Å². The Kier molecular flexibility index (Phi) is 4.58. The lowest BCUT2D eigenvalue weighted by atomic mass is 9.99. The van der Waals surface area contributed by atoms with Crippen LogP contribution in [0.5, 0.6) is 0 Å². The standard InChI is InChI=1S/C17H27N5O2S/c1-14-6-8-20(9-7-14)16-4-5-17(19-18-16)21-10-12-22(13-11-21)25(23,24)15-2-3-15/h4-5,14-15H,2-3,6-13H2,1H3. The van der Waals surface area contributed by atoms with Crippen LogP contribution in [-0.2, 0) is 10.0 Å². The average Bonchev–Trinajstić information content (AvgIpc) is 3.48. The molecule has 1 aliphatic carbocycles. The summed E-state index contributed by atoms with van der Waals surface area (Å²) in [6.45, 7) is 6.86. The summed E-state index contributed by atoms with van der Waals surface area (Å²) in [4.78, 5) is 4.44. The zero-order valence-electron chi connectivity index (χ0n) is 14.8. The number of nitrogens with zero attached hydrogens (tertiary/aromatic N) is 5. The number of anilines is 2. The van der Waals surface area contributed by atoms with E-state index in [1.165, 1.54) is 12.8 Å². The van der Waals surface area contributed by atoms with Crippen LogP contribution in [0.25, 0.3) is 0 Å². The van der Waals surface area contributed by atoms with Gasteiger partial charge in [0.15, 0.2) is 11.6 Å². The Morgan fingerprint density at radius 2 is 1.36 bits per heavy atom. The first-order chi connectivity index (χ1) is 12.0. The van der Waals surface area contributed by atoms with Crippen LogP contribution in [0, 0.1) is 5.92 Å². The summed E-state index contributed by atoms with van der Waals surface area (Å²) in [5.41, 5.74) is 0. The van der Waals surface area contributed by atoms with Crippen LogP contribution >= 0.6 is 0 Å². The van der Waals surface area contributed by atoms with Crippen molar-refractivity contribution in [1.82, 2.24) is 14.5 Å². The van der Waals surface area contributed by atoms with Crippen molar-refractivity contribution in [3.8, 4) is 0 Å². The van der Waals surface area contributed by atoms with Gasteiger partial charge in [0.1, 0.15) is 0 Å². The molecule has 3 fully saturated rings. The summed E-state index contributed by atoms with van der Waals surface area (Å²) in [5, 5.41) is 8.69. The summed E-state index contributed by atoms with van der Waals surface area (Å²) in [6.07, 6.45) is 4.07. The number of rotatable bonds is 4. The molecule has 2 saturated heterocycles. The fraction of sp³-hybridized carbons (Fsp3) is 0.765. The van der Waals surface area contributed by atoms with Gasteiger partial charge in [-0.1, -0.05) is 6.92 Å². The van der Waals surface area contributed by atoms with E-state index in [4.69, 9.17) is 0 Å². The molecule has 0 aromatic carbocycles. The highest BCUT2D eigenvalue weighted by Gasteiger charge is 2.41. The first-order valence-electron chi connectivity index (χ1n) is 9.36. The van der Waals surface area contributed by atoms with Crippen LogP contribution in [0.15, 0.2) is 12.1 Å². The topological polar surface area (TPSA) is 69.6 Å². The molecule has 2 aliphatic heterocycles. The van der Waals surface area contributed by atoms with Crippen molar-refractivity contribution in [2.45, 2.75) is 37.9 Å². The van der Waals surface area contributed by atoms with Gasteiger partial charge in [0.2, 0.25) is 10.0 Å². The minimum absolute atomic E-state index is 0.120.